The largest absolute Gasteiger partial charge is 0.342 e. The molecule has 26 heavy (non-hydrogen) atoms. The van der Waals surface area contributed by atoms with Gasteiger partial charge in [0.25, 0.3) is 5.56 Å². The summed E-state index contributed by atoms with van der Waals surface area (Å²) in [5.41, 5.74) is 1.24. The van der Waals surface area contributed by atoms with Gasteiger partial charge in [0.15, 0.2) is 5.82 Å². The van der Waals surface area contributed by atoms with Crippen molar-refractivity contribution in [1.82, 2.24) is 19.9 Å². The first-order valence-electron chi connectivity index (χ1n) is 9.52. The Morgan fingerprint density at radius 3 is 2.77 bits per heavy atom. The molecule has 4 rings (SSSR count). The number of nitrogens with zero attached hydrogens (tertiary/aromatic N) is 3. The Balaban J connectivity index is 1.51. The molecule has 0 bridgehead atoms. The van der Waals surface area contributed by atoms with Crippen LogP contribution in [0.3, 0.4) is 0 Å². The monoisotopic (exact) mass is 352 g/mol. The first-order valence-corrected chi connectivity index (χ1v) is 9.52. The van der Waals surface area contributed by atoms with Gasteiger partial charge in [-0.3, -0.25) is 14.6 Å². The number of aromatic amines is 1. The molecule has 0 radical (unpaired) electrons. The summed E-state index contributed by atoms with van der Waals surface area (Å²) in [5.74, 6) is 1.10. The molecule has 2 aromatic heterocycles. The van der Waals surface area contributed by atoms with Gasteiger partial charge < -0.3 is 9.88 Å². The third-order valence-electron chi connectivity index (χ3n) is 5.54. The quantitative estimate of drug-likeness (QED) is 0.921. The molecule has 0 unspecified atom stereocenters. The van der Waals surface area contributed by atoms with Gasteiger partial charge in [-0.25, -0.2) is 4.98 Å². The predicted octanol–water partition coefficient (Wildman–Crippen LogP) is 2.73. The van der Waals surface area contributed by atoms with Crippen molar-refractivity contribution in [2.24, 2.45) is 5.92 Å². The number of carbonyl (C=O) groups excluding carboxylic acids is 1. The zero-order valence-electron chi connectivity index (χ0n) is 14.9. The molecular weight excluding hydrogens is 328 g/mol. The van der Waals surface area contributed by atoms with Crippen LogP contribution >= 0.6 is 0 Å². The van der Waals surface area contributed by atoms with Crippen molar-refractivity contribution in [3.63, 3.8) is 0 Å². The summed E-state index contributed by atoms with van der Waals surface area (Å²) >= 11 is 0. The highest BCUT2D eigenvalue weighted by Crippen LogP contribution is 2.31. The Morgan fingerprint density at radius 1 is 1.15 bits per heavy atom. The van der Waals surface area contributed by atoms with Gasteiger partial charge in [-0.05, 0) is 31.4 Å². The van der Waals surface area contributed by atoms with E-state index in [0.29, 0.717) is 24.0 Å². The molecule has 2 aliphatic rings. The maximum absolute atomic E-state index is 12.8. The van der Waals surface area contributed by atoms with E-state index in [1.807, 2.05) is 23.1 Å². The maximum atomic E-state index is 12.8. The number of amides is 1. The van der Waals surface area contributed by atoms with E-state index in [9.17, 15) is 9.59 Å². The normalized spacial score (nSPS) is 21.1. The highest BCUT2D eigenvalue weighted by molar-refractivity contribution is 5.79. The molecule has 3 heterocycles. The van der Waals surface area contributed by atoms with E-state index in [2.05, 4.69) is 15.0 Å². The van der Waals surface area contributed by atoms with Crippen LogP contribution in [-0.2, 0) is 4.79 Å². The number of pyridine rings is 1. The van der Waals surface area contributed by atoms with E-state index in [1.54, 1.807) is 12.3 Å². The van der Waals surface area contributed by atoms with Crippen LogP contribution in [0.2, 0.25) is 0 Å². The Morgan fingerprint density at radius 2 is 2.00 bits per heavy atom. The molecule has 0 spiro atoms. The second-order valence-electron chi connectivity index (χ2n) is 7.34. The molecule has 2 aromatic rings. The van der Waals surface area contributed by atoms with Crippen LogP contribution in [0.15, 0.2) is 35.3 Å². The van der Waals surface area contributed by atoms with Crippen LogP contribution in [-0.4, -0.2) is 38.8 Å². The summed E-state index contributed by atoms with van der Waals surface area (Å²) in [6.07, 6.45) is 8.16. The molecular formula is C20H24N4O2. The number of rotatable bonds is 3. The molecule has 1 aliphatic carbocycles. The van der Waals surface area contributed by atoms with Crippen molar-refractivity contribution in [3.05, 3.63) is 46.5 Å². The molecule has 136 valence electrons. The molecule has 1 atom stereocenters. The molecule has 1 N–H and O–H groups in total. The minimum absolute atomic E-state index is 0.118. The van der Waals surface area contributed by atoms with Gasteiger partial charge in [-0.2, -0.15) is 0 Å². The number of hydrogen-bond donors (Lipinski definition) is 1. The van der Waals surface area contributed by atoms with Crippen molar-refractivity contribution >= 4 is 5.91 Å². The predicted molar refractivity (Wildman–Crippen MR) is 98.6 cm³/mol. The van der Waals surface area contributed by atoms with Gasteiger partial charge >= 0.3 is 0 Å². The summed E-state index contributed by atoms with van der Waals surface area (Å²) in [5, 5.41) is 0. The minimum Gasteiger partial charge on any atom is -0.342 e. The molecule has 1 aliphatic heterocycles. The van der Waals surface area contributed by atoms with Gasteiger partial charge in [0, 0.05) is 37.2 Å². The number of H-pyrrole nitrogens is 1. The topological polar surface area (TPSA) is 79.0 Å². The maximum Gasteiger partial charge on any atom is 0.251 e. The van der Waals surface area contributed by atoms with E-state index in [-0.39, 0.29) is 17.4 Å². The SMILES string of the molecule is O=C(C1CCCCC1)N1CC[C@H](c2cc(=O)[nH]c(-c3ccccn3)n2)C1. The van der Waals surface area contributed by atoms with E-state index < -0.39 is 0 Å². The van der Waals surface area contributed by atoms with Crippen LogP contribution in [0.4, 0.5) is 0 Å². The first kappa shape index (κ1) is 16.9. The first-order chi connectivity index (χ1) is 12.7. The Bertz CT molecular complexity index is 827. The van der Waals surface area contributed by atoms with Crippen molar-refractivity contribution in [2.75, 3.05) is 13.1 Å². The van der Waals surface area contributed by atoms with Gasteiger partial charge in [0.05, 0.1) is 5.69 Å². The lowest BCUT2D eigenvalue weighted by Crippen LogP contribution is -2.35. The van der Waals surface area contributed by atoms with Gasteiger partial charge in [-0.1, -0.05) is 25.3 Å². The van der Waals surface area contributed by atoms with Crippen molar-refractivity contribution in [2.45, 2.75) is 44.4 Å². The summed E-state index contributed by atoms with van der Waals surface area (Å²) < 4.78 is 0. The Labute approximate surface area is 152 Å². The summed E-state index contributed by atoms with van der Waals surface area (Å²) in [4.78, 5) is 38.5. The number of likely N-dealkylation sites (tertiary alicyclic amines) is 1. The van der Waals surface area contributed by atoms with E-state index in [0.717, 1.165) is 44.3 Å². The Kier molecular flexibility index (Phi) is 4.82. The molecule has 1 amide bonds. The molecule has 0 aromatic carbocycles. The summed E-state index contributed by atoms with van der Waals surface area (Å²) in [7, 11) is 0. The van der Waals surface area contributed by atoms with Crippen molar-refractivity contribution < 1.29 is 4.79 Å². The van der Waals surface area contributed by atoms with Gasteiger partial charge in [0.2, 0.25) is 5.91 Å². The Hall–Kier alpha value is -2.50. The van der Waals surface area contributed by atoms with Crippen molar-refractivity contribution in [3.8, 4) is 11.5 Å². The summed E-state index contributed by atoms with van der Waals surface area (Å²) in [6.45, 7) is 1.42. The lowest BCUT2D eigenvalue weighted by molar-refractivity contribution is -0.135. The number of aromatic nitrogens is 3. The molecule has 6 nitrogen and oxygen atoms in total. The zero-order chi connectivity index (χ0) is 17.9. The highest BCUT2D eigenvalue weighted by atomic mass is 16.2. The van der Waals surface area contributed by atoms with Crippen LogP contribution in [0.25, 0.3) is 11.5 Å². The van der Waals surface area contributed by atoms with Crippen LogP contribution in [0.5, 0.6) is 0 Å². The smallest absolute Gasteiger partial charge is 0.251 e. The molecule has 1 saturated heterocycles. The summed E-state index contributed by atoms with van der Waals surface area (Å²) in [6, 6.07) is 7.09. The highest BCUT2D eigenvalue weighted by Gasteiger charge is 2.32. The number of carbonyl (C=O) groups is 1. The lowest BCUT2D eigenvalue weighted by atomic mass is 9.88. The van der Waals surface area contributed by atoms with Crippen LogP contribution in [0.1, 0.15) is 50.1 Å². The fraction of sp³-hybridized carbons (Fsp3) is 0.500. The average Bonchev–Trinajstić information content (AvgIpc) is 3.18. The standard InChI is InChI=1S/C20H24N4O2/c25-18-12-17(22-19(23-18)16-8-4-5-10-21-16)15-9-11-24(13-15)20(26)14-6-2-1-3-7-14/h4-5,8,10,12,14-15H,1-3,6-7,9,11,13H2,(H,22,23,25)/t15-/m0/s1. The second kappa shape index (κ2) is 7.40. The van der Waals surface area contributed by atoms with E-state index >= 15 is 0 Å². The average molecular weight is 352 g/mol. The zero-order valence-corrected chi connectivity index (χ0v) is 14.9. The second-order valence-corrected chi connectivity index (χ2v) is 7.34. The third kappa shape index (κ3) is 3.54. The fourth-order valence-corrected chi connectivity index (χ4v) is 4.12. The molecule has 6 heteroatoms. The lowest BCUT2D eigenvalue weighted by Gasteiger charge is -2.26. The molecule has 2 fully saturated rings. The third-order valence-corrected chi connectivity index (χ3v) is 5.54. The van der Waals surface area contributed by atoms with Gasteiger partial charge in [0.1, 0.15) is 5.69 Å². The van der Waals surface area contributed by atoms with Crippen molar-refractivity contribution in [1.29, 1.82) is 0 Å². The molecule has 1 saturated carbocycles. The van der Waals surface area contributed by atoms with Crippen LogP contribution < -0.4 is 5.56 Å². The number of nitrogens with one attached hydrogen (secondary N) is 1. The van der Waals surface area contributed by atoms with E-state index in [4.69, 9.17) is 0 Å². The number of hydrogen-bond acceptors (Lipinski definition) is 4. The van der Waals surface area contributed by atoms with Crippen LogP contribution in [0, 0.1) is 5.92 Å². The minimum atomic E-state index is -0.173. The fourth-order valence-electron chi connectivity index (χ4n) is 4.12. The van der Waals surface area contributed by atoms with E-state index in [1.165, 1.54) is 6.42 Å². The van der Waals surface area contributed by atoms with Gasteiger partial charge in [-0.15, -0.1) is 0 Å².